The highest BCUT2D eigenvalue weighted by Crippen LogP contribution is 2.28. The Labute approximate surface area is 168 Å². The Balaban J connectivity index is 1.75. The Kier molecular flexibility index (Phi) is 6.36. The molecule has 1 aromatic carbocycles. The zero-order chi connectivity index (χ0) is 20.3. The monoisotopic (exact) mass is 427 g/mol. The van der Waals surface area contributed by atoms with Gasteiger partial charge in [0.05, 0.1) is 10.6 Å². The molecule has 1 fully saturated rings. The van der Waals surface area contributed by atoms with Gasteiger partial charge in [-0.15, -0.1) is 0 Å². The van der Waals surface area contributed by atoms with Crippen LogP contribution in [0.3, 0.4) is 0 Å². The average Bonchev–Trinajstić information content (AvgIpc) is 3.16. The van der Waals surface area contributed by atoms with E-state index in [4.69, 9.17) is 20.9 Å². The molecule has 8 nitrogen and oxygen atoms in total. The number of halogens is 1. The molecule has 2 heterocycles. The van der Waals surface area contributed by atoms with Gasteiger partial charge in [0.1, 0.15) is 4.90 Å². The van der Waals surface area contributed by atoms with Crippen LogP contribution in [-0.2, 0) is 21.4 Å². The van der Waals surface area contributed by atoms with Crippen LogP contribution in [0.15, 0.2) is 27.6 Å². The highest BCUT2D eigenvalue weighted by molar-refractivity contribution is 7.89. The summed E-state index contributed by atoms with van der Waals surface area (Å²) in [6, 6.07) is 4.06. The van der Waals surface area contributed by atoms with E-state index in [1.165, 1.54) is 22.5 Å². The van der Waals surface area contributed by atoms with E-state index in [2.05, 4.69) is 10.1 Å². The molecule has 2 aromatic rings. The topological polar surface area (TPSA) is 103 Å². The number of esters is 1. The van der Waals surface area contributed by atoms with Crippen LogP contribution in [-0.4, -0.2) is 41.9 Å². The maximum atomic E-state index is 12.9. The molecule has 0 atom stereocenters. The molecule has 1 aliphatic heterocycles. The Morgan fingerprint density at radius 3 is 2.64 bits per heavy atom. The number of benzene rings is 1. The van der Waals surface area contributed by atoms with Crippen LogP contribution in [0.1, 0.15) is 61.1 Å². The van der Waals surface area contributed by atoms with Crippen LogP contribution in [0, 0.1) is 0 Å². The van der Waals surface area contributed by atoms with Crippen LogP contribution in [0.5, 0.6) is 0 Å². The van der Waals surface area contributed by atoms with E-state index in [1.54, 1.807) is 0 Å². The number of ether oxygens (including phenoxy) is 1. The normalized spacial score (nSPS) is 15.7. The molecule has 10 heteroatoms. The van der Waals surface area contributed by atoms with Crippen molar-refractivity contribution in [3.8, 4) is 0 Å². The first-order valence-electron chi connectivity index (χ1n) is 9.08. The molecule has 0 radical (unpaired) electrons. The van der Waals surface area contributed by atoms with Gasteiger partial charge in [-0.25, -0.2) is 13.2 Å². The fourth-order valence-electron chi connectivity index (χ4n) is 2.84. The largest absolute Gasteiger partial charge is 0.452 e. The number of piperidine rings is 1. The first-order valence-corrected chi connectivity index (χ1v) is 10.9. The van der Waals surface area contributed by atoms with Gasteiger partial charge in [0.2, 0.25) is 10.0 Å². The van der Waals surface area contributed by atoms with Crippen molar-refractivity contribution < 1.29 is 22.5 Å². The van der Waals surface area contributed by atoms with Crippen molar-refractivity contribution >= 4 is 27.6 Å². The molecule has 1 saturated heterocycles. The zero-order valence-corrected chi connectivity index (χ0v) is 17.3. The van der Waals surface area contributed by atoms with Gasteiger partial charge < -0.3 is 9.26 Å². The van der Waals surface area contributed by atoms with Crippen LogP contribution in [0.4, 0.5) is 0 Å². The number of hydrogen-bond acceptors (Lipinski definition) is 7. The van der Waals surface area contributed by atoms with Crippen LogP contribution < -0.4 is 0 Å². The number of rotatable bonds is 6. The Morgan fingerprint density at radius 1 is 1.29 bits per heavy atom. The van der Waals surface area contributed by atoms with E-state index < -0.39 is 16.0 Å². The molecule has 152 valence electrons. The summed E-state index contributed by atoms with van der Waals surface area (Å²) < 4.78 is 37.4. The SMILES string of the molecule is CC(C)c1noc(COC(=O)c2ccc(Cl)c(S(=O)(=O)N3CCCCC3)c2)n1. The summed E-state index contributed by atoms with van der Waals surface area (Å²) in [4.78, 5) is 16.4. The predicted octanol–water partition coefficient (Wildman–Crippen LogP) is 3.38. The minimum atomic E-state index is -3.77. The van der Waals surface area contributed by atoms with Crippen molar-refractivity contribution in [2.24, 2.45) is 0 Å². The van der Waals surface area contributed by atoms with Crippen molar-refractivity contribution in [2.75, 3.05) is 13.1 Å². The Morgan fingerprint density at radius 2 is 2.00 bits per heavy atom. The summed E-state index contributed by atoms with van der Waals surface area (Å²) in [6.07, 6.45) is 2.61. The maximum Gasteiger partial charge on any atom is 0.338 e. The van der Waals surface area contributed by atoms with Crippen LogP contribution in [0.25, 0.3) is 0 Å². The van der Waals surface area contributed by atoms with Gasteiger partial charge in [-0.3, -0.25) is 0 Å². The third-order valence-corrected chi connectivity index (χ3v) is 6.81. The molecule has 28 heavy (non-hydrogen) atoms. The second-order valence-electron chi connectivity index (χ2n) is 6.89. The van der Waals surface area contributed by atoms with E-state index in [0.29, 0.717) is 18.9 Å². The van der Waals surface area contributed by atoms with Crippen molar-refractivity contribution in [3.63, 3.8) is 0 Å². The van der Waals surface area contributed by atoms with E-state index in [-0.39, 0.29) is 33.9 Å². The third kappa shape index (κ3) is 4.53. The van der Waals surface area contributed by atoms with E-state index in [9.17, 15) is 13.2 Å². The zero-order valence-electron chi connectivity index (χ0n) is 15.7. The molecule has 1 aliphatic rings. The number of sulfonamides is 1. The standard InChI is InChI=1S/C18H22ClN3O5S/c1-12(2)17-20-16(27-21-17)11-26-18(23)13-6-7-14(19)15(10-13)28(24,25)22-8-4-3-5-9-22/h6-7,10,12H,3-5,8-9,11H2,1-2H3. The second kappa shape index (κ2) is 8.59. The van der Waals surface area contributed by atoms with E-state index in [1.807, 2.05) is 13.8 Å². The van der Waals surface area contributed by atoms with E-state index >= 15 is 0 Å². The summed E-state index contributed by atoms with van der Waals surface area (Å²) >= 11 is 6.12. The van der Waals surface area contributed by atoms with Gasteiger partial charge in [-0.2, -0.15) is 9.29 Å². The third-order valence-electron chi connectivity index (χ3n) is 4.43. The minimum absolute atomic E-state index is 0.0700. The quantitative estimate of drug-likeness (QED) is 0.651. The smallest absolute Gasteiger partial charge is 0.338 e. The van der Waals surface area contributed by atoms with Gasteiger partial charge in [0.15, 0.2) is 12.4 Å². The molecule has 0 bridgehead atoms. The molecule has 0 N–H and O–H groups in total. The maximum absolute atomic E-state index is 12.9. The van der Waals surface area contributed by atoms with Gasteiger partial charge in [0.25, 0.3) is 5.89 Å². The molecular formula is C18H22ClN3O5S. The molecular weight excluding hydrogens is 406 g/mol. The van der Waals surface area contributed by atoms with Gasteiger partial charge in [-0.05, 0) is 31.0 Å². The molecule has 3 rings (SSSR count). The van der Waals surface area contributed by atoms with E-state index in [0.717, 1.165) is 19.3 Å². The summed E-state index contributed by atoms with van der Waals surface area (Å²) in [5.74, 6) is 0.0858. The summed E-state index contributed by atoms with van der Waals surface area (Å²) in [7, 11) is -3.77. The predicted molar refractivity (Wildman–Crippen MR) is 102 cm³/mol. The molecule has 0 aliphatic carbocycles. The Bertz CT molecular complexity index is 952. The first kappa shape index (κ1) is 20.8. The van der Waals surface area contributed by atoms with Gasteiger partial charge in [-0.1, -0.05) is 37.0 Å². The molecule has 0 amide bonds. The number of hydrogen-bond donors (Lipinski definition) is 0. The number of carbonyl (C=O) groups excluding carboxylic acids is 1. The average molecular weight is 428 g/mol. The second-order valence-corrected chi connectivity index (χ2v) is 9.20. The lowest BCUT2D eigenvalue weighted by atomic mass is 10.2. The van der Waals surface area contributed by atoms with Crippen molar-refractivity contribution in [2.45, 2.75) is 50.5 Å². The molecule has 1 aromatic heterocycles. The molecule has 0 spiro atoms. The van der Waals surface area contributed by atoms with Crippen molar-refractivity contribution in [1.29, 1.82) is 0 Å². The lowest BCUT2D eigenvalue weighted by Gasteiger charge is -2.26. The highest BCUT2D eigenvalue weighted by atomic mass is 35.5. The van der Waals surface area contributed by atoms with Gasteiger partial charge >= 0.3 is 5.97 Å². The van der Waals surface area contributed by atoms with Crippen molar-refractivity contribution in [3.05, 3.63) is 40.5 Å². The fraction of sp³-hybridized carbons (Fsp3) is 0.500. The van der Waals surface area contributed by atoms with Gasteiger partial charge in [0, 0.05) is 19.0 Å². The minimum Gasteiger partial charge on any atom is -0.452 e. The Hall–Kier alpha value is -1.97. The van der Waals surface area contributed by atoms with Crippen LogP contribution in [0.2, 0.25) is 5.02 Å². The molecule has 0 saturated carbocycles. The molecule has 0 unspecified atom stereocenters. The highest BCUT2D eigenvalue weighted by Gasteiger charge is 2.29. The number of nitrogens with zero attached hydrogens (tertiary/aromatic N) is 3. The number of aromatic nitrogens is 2. The number of carbonyl (C=O) groups is 1. The lowest BCUT2D eigenvalue weighted by molar-refractivity contribution is 0.0429. The van der Waals surface area contributed by atoms with Crippen molar-refractivity contribution in [1.82, 2.24) is 14.4 Å². The first-order chi connectivity index (χ1) is 13.3. The lowest BCUT2D eigenvalue weighted by Crippen LogP contribution is -2.35. The summed E-state index contributed by atoms with van der Waals surface area (Å²) in [6.45, 7) is 4.53. The summed E-state index contributed by atoms with van der Waals surface area (Å²) in [5.41, 5.74) is 0.0867. The fourth-order valence-corrected chi connectivity index (χ4v) is 4.86. The van der Waals surface area contributed by atoms with Crippen LogP contribution >= 0.6 is 11.6 Å². The summed E-state index contributed by atoms with van der Waals surface area (Å²) in [5, 5.41) is 3.87.